The molecular formula is C12H15ClN6O. The van der Waals surface area contributed by atoms with E-state index in [0.29, 0.717) is 17.2 Å². The van der Waals surface area contributed by atoms with Crippen LogP contribution in [0.4, 0.5) is 11.6 Å². The monoisotopic (exact) mass is 294 g/mol. The van der Waals surface area contributed by atoms with E-state index in [0.717, 1.165) is 0 Å². The Morgan fingerprint density at radius 2 is 2.25 bits per heavy atom. The Morgan fingerprint density at radius 3 is 2.85 bits per heavy atom. The van der Waals surface area contributed by atoms with Crippen molar-refractivity contribution in [2.24, 2.45) is 5.84 Å². The maximum absolute atomic E-state index is 12.1. The standard InChI is InChI=1S/C12H15ClN6O/c1-7(2)19-10(3-4-16-19)17-12(20)8-5-9(13)11(18-14)15-6-8/h3-7H,14H2,1-2H3,(H,15,18)(H,17,20). The largest absolute Gasteiger partial charge is 0.307 e. The summed E-state index contributed by atoms with van der Waals surface area (Å²) < 4.78 is 1.71. The fourth-order valence-electron chi connectivity index (χ4n) is 1.68. The van der Waals surface area contributed by atoms with Crippen LogP contribution in [0, 0.1) is 0 Å². The highest BCUT2D eigenvalue weighted by Gasteiger charge is 2.13. The van der Waals surface area contributed by atoms with Gasteiger partial charge < -0.3 is 10.7 Å². The van der Waals surface area contributed by atoms with Gasteiger partial charge in [0.05, 0.1) is 16.8 Å². The van der Waals surface area contributed by atoms with Crippen molar-refractivity contribution < 1.29 is 4.79 Å². The lowest BCUT2D eigenvalue weighted by Crippen LogP contribution is -2.17. The molecule has 2 aromatic rings. The third kappa shape index (κ3) is 2.89. The molecule has 0 spiro atoms. The number of hydrogen-bond acceptors (Lipinski definition) is 5. The second-order valence-corrected chi connectivity index (χ2v) is 4.81. The SMILES string of the molecule is CC(C)n1nccc1NC(=O)c1cnc(NN)c(Cl)c1. The highest BCUT2D eigenvalue weighted by atomic mass is 35.5. The van der Waals surface area contributed by atoms with Crippen LogP contribution in [0.1, 0.15) is 30.2 Å². The Balaban J connectivity index is 2.20. The third-order valence-corrected chi connectivity index (χ3v) is 2.93. The van der Waals surface area contributed by atoms with E-state index in [1.165, 1.54) is 12.3 Å². The predicted octanol–water partition coefficient (Wildman–Crippen LogP) is 2.05. The topological polar surface area (TPSA) is 97.9 Å². The second kappa shape index (κ2) is 5.89. The number of carbonyl (C=O) groups excluding carboxylic acids is 1. The number of amides is 1. The van der Waals surface area contributed by atoms with E-state index in [-0.39, 0.29) is 17.0 Å². The number of aromatic nitrogens is 3. The minimum absolute atomic E-state index is 0.144. The molecule has 8 heteroatoms. The lowest BCUT2D eigenvalue weighted by Gasteiger charge is -2.12. The molecule has 7 nitrogen and oxygen atoms in total. The van der Waals surface area contributed by atoms with Crippen LogP contribution in [-0.2, 0) is 0 Å². The molecule has 0 bridgehead atoms. The summed E-state index contributed by atoms with van der Waals surface area (Å²) in [5.41, 5.74) is 2.68. The van der Waals surface area contributed by atoms with Gasteiger partial charge in [-0.1, -0.05) is 11.6 Å². The fourth-order valence-corrected chi connectivity index (χ4v) is 1.90. The Morgan fingerprint density at radius 1 is 1.50 bits per heavy atom. The molecule has 0 fully saturated rings. The van der Waals surface area contributed by atoms with E-state index < -0.39 is 0 Å². The molecular weight excluding hydrogens is 280 g/mol. The molecule has 0 radical (unpaired) electrons. The average molecular weight is 295 g/mol. The smallest absolute Gasteiger partial charge is 0.258 e. The molecule has 0 aliphatic carbocycles. The van der Waals surface area contributed by atoms with Crippen LogP contribution in [0.5, 0.6) is 0 Å². The van der Waals surface area contributed by atoms with Crippen molar-refractivity contribution >= 4 is 29.1 Å². The zero-order valence-corrected chi connectivity index (χ0v) is 11.8. The first-order chi connectivity index (χ1) is 9.52. The number of rotatable bonds is 4. The Labute approximate surface area is 121 Å². The number of hydrogen-bond donors (Lipinski definition) is 3. The van der Waals surface area contributed by atoms with Crippen molar-refractivity contribution in [1.29, 1.82) is 0 Å². The molecule has 0 saturated heterocycles. The molecule has 0 atom stereocenters. The third-order valence-electron chi connectivity index (χ3n) is 2.64. The number of hydrazine groups is 1. The molecule has 2 rings (SSSR count). The number of nitrogens with one attached hydrogen (secondary N) is 2. The quantitative estimate of drug-likeness (QED) is 0.592. The number of pyridine rings is 1. The first kappa shape index (κ1) is 14.3. The summed E-state index contributed by atoms with van der Waals surface area (Å²) in [6.07, 6.45) is 3.02. The van der Waals surface area contributed by atoms with Crippen molar-refractivity contribution in [3.8, 4) is 0 Å². The zero-order chi connectivity index (χ0) is 14.7. The average Bonchev–Trinajstić information content (AvgIpc) is 2.86. The van der Waals surface area contributed by atoms with Gasteiger partial charge in [0, 0.05) is 18.3 Å². The van der Waals surface area contributed by atoms with E-state index in [2.05, 4.69) is 20.8 Å². The van der Waals surface area contributed by atoms with Crippen LogP contribution in [0.3, 0.4) is 0 Å². The maximum Gasteiger partial charge on any atom is 0.258 e. The van der Waals surface area contributed by atoms with Crippen molar-refractivity contribution in [2.45, 2.75) is 19.9 Å². The van der Waals surface area contributed by atoms with Gasteiger partial charge in [-0.3, -0.25) is 4.79 Å². The van der Waals surface area contributed by atoms with Crippen LogP contribution in [0.2, 0.25) is 5.02 Å². The van der Waals surface area contributed by atoms with Gasteiger partial charge >= 0.3 is 0 Å². The molecule has 0 aliphatic heterocycles. The second-order valence-electron chi connectivity index (χ2n) is 4.41. The summed E-state index contributed by atoms with van der Waals surface area (Å²) in [5.74, 6) is 5.84. The van der Waals surface area contributed by atoms with Crippen LogP contribution >= 0.6 is 11.6 Å². The summed E-state index contributed by atoms with van der Waals surface area (Å²) in [7, 11) is 0. The molecule has 4 N–H and O–H groups in total. The van der Waals surface area contributed by atoms with Crippen molar-refractivity contribution in [3.63, 3.8) is 0 Å². The molecule has 0 saturated carbocycles. The maximum atomic E-state index is 12.1. The molecule has 106 valence electrons. The summed E-state index contributed by atoms with van der Waals surface area (Å²) in [4.78, 5) is 16.1. The van der Waals surface area contributed by atoms with Gasteiger partial charge in [-0.2, -0.15) is 5.10 Å². The van der Waals surface area contributed by atoms with Gasteiger partial charge in [-0.25, -0.2) is 15.5 Å². The molecule has 20 heavy (non-hydrogen) atoms. The molecule has 1 amide bonds. The first-order valence-corrected chi connectivity index (χ1v) is 6.37. The molecule has 0 unspecified atom stereocenters. The van der Waals surface area contributed by atoms with Crippen molar-refractivity contribution in [3.05, 3.63) is 35.1 Å². The molecule has 2 heterocycles. The van der Waals surface area contributed by atoms with E-state index in [9.17, 15) is 4.79 Å². The first-order valence-electron chi connectivity index (χ1n) is 6.00. The Bertz CT molecular complexity index is 624. The van der Waals surface area contributed by atoms with Crippen LogP contribution in [0.15, 0.2) is 24.5 Å². The van der Waals surface area contributed by atoms with E-state index in [1.807, 2.05) is 13.8 Å². The van der Waals surface area contributed by atoms with Gasteiger partial charge in [0.15, 0.2) is 5.82 Å². The number of nitrogens with zero attached hydrogens (tertiary/aromatic N) is 3. The minimum atomic E-state index is -0.314. The Kier molecular flexibility index (Phi) is 4.21. The van der Waals surface area contributed by atoms with Crippen LogP contribution in [0.25, 0.3) is 0 Å². The highest BCUT2D eigenvalue weighted by Crippen LogP contribution is 2.20. The van der Waals surface area contributed by atoms with E-state index in [1.54, 1.807) is 16.9 Å². The molecule has 0 aromatic carbocycles. The van der Waals surface area contributed by atoms with Crippen LogP contribution in [-0.4, -0.2) is 20.7 Å². The molecule has 0 aliphatic rings. The van der Waals surface area contributed by atoms with Gasteiger partial charge in [0.25, 0.3) is 5.91 Å². The number of nitrogens with two attached hydrogens (primary N) is 1. The molecule has 2 aromatic heterocycles. The lowest BCUT2D eigenvalue weighted by molar-refractivity contribution is 0.102. The Hall–Kier alpha value is -2.12. The van der Waals surface area contributed by atoms with Gasteiger partial charge in [-0.15, -0.1) is 0 Å². The summed E-state index contributed by atoms with van der Waals surface area (Å²) in [6, 6.07) is 3.36. The van der Waals surface area contributed by atoms with Crippen LogP contribution < -0.4 is 16.6 Å². The van der Waals surface area contributed by atoms with E-state index >= 15 is 0 Å². The number of carbonyl (C=O) groups is 1. The summed E-state index contributed by atoms with van der Waals surface area (Å²) in [5, 5.41) is 7.18. The lowest BCUT2D eigenvalue weighted by atomic mass is 10.2. The van der Waals surface area contributed by atoms with Gasteiger partial charge in [-0.05, 0) is 19.9 Å². The normalized spacial score (nSPS) is 10.7. The van der Waals surface area contributed by atoms with Crippen molar-refractivity contribution in [2.75, 3.05) is 10.7 Å². The zero-order valence-electron chi connectivity index (χ0n) is 11.1. The van der Waals surface area contributed by atoms with Crippen molar-refractivity contribution in [1.82, 2.24) is 14.8 Å². The van der Waals surface area contributed by atoms with E-state index in [4.69, 9.17) is 17.4 Å². The minimum Gasteiger partial charge on any atom is -0.307 e. The number of nitrogen functional groups attached to an aromatic ring is 1. The number of anilines is 2. The summed E-state index contributed by atoms with van der Waals surface area (Å²) >= 11 is 5.93. The van der Waals surface area contributed by atoms with Gasteiger partial charge in [0.2, 0.25) is 0 Å². The van der Waals surface area contributed by atoms with Gasteiger partial charge in [0.1, 0.15) is 5.82 Å². The predicted molar refractivity (Wildman–Crippen MR) is 77.6 cm³/mol. The number of halogens is 1. The fraction of sp³-hybridized carbons (Fsp3) is 0.250. The summed E-state index contributed by atoms with van der Waals surface area (Å²) in [6.45, 7) is 3.95. The highest BCUT2D eigenvalue weighted by molar-refractivity contribution is 6.33.